The second-order valence-corrected chi connectivity index (χ2v) is 4.93. The van der Waals surface area contributed by atoms with Gasteiger partial charge in [-0.3, -0.25) is 4.79 Å². The smallest absolute Gasteiger partial charge is 0.248 e. The van der Waals surface area contributed by atoms with Gasteiger partial charge in [0.25, 0.3) is 0 Å². The van der Waals surface area contributed by atoms with Crippen LogP contribution in [0.1, 0.15) is 21.7 Å². The average molecular weight is 280 g/mol. The van der Waals surface area contributed by atoms with Crippen LogP contribution in [0.2, 0.25) is 0 Å². The van der Waals surface area contributed by atoms with E-state index in [-0.39, 0.29) is 0 Å². The van der Waals surface area contributed by atoms with E-state index in [2.05, 4.69) is 5.32 Å². The van der Waals surface area contributed by atoms with E-state index < -0.39 is 5.91 Å². The van der Waals surface area contributed by atoms with Crippen molar-refractivity contribution in [3.8, 4) is 0 Å². The number of anilines is 1. The van der Waals surface area contributed by atoms with Crippen molar-refractivity contribution in [2.24, 2.45) is 5.73 Å². The lowest BCUT2D eigenvalue weighted by Gasteiger charge is -2.07. The zero-order valence-electron chi connectivity index (χ0n) is 11.7. The fraction of sp³-hybridized carbons (Fsp3) is 0.118. The van der Waals surface area contributed by atoms with Crippen molar-refractivity contribution in [1.29, 1.82) is 0 Å². The summed E-state index contributed by atoms with van der Waals surface area (Å²) in [5, 5.41) is 4.41. The molecule has 0 aliphatic heterocycles. The standard InChI is InChI=1S/C17H16N2O2/c1-11-15(14-7-2-3-8-16(14)21-11)10-19-13-6-4-5-12(9-13)17(18)20/h2-9,19H,10H2,1H3,(H2,18,20). The molecule has 0 aliphatic carbocycles. The first-order valence-corrected chi connectivity index (χ1v) is 6.76. The number of nitrogens with one attached hydrogen (secondary N) is 1. The fourth-order valence-corrected chi connectivity index (χ4v) is 2.41. The van der Waals surface area contributed by atoms with Crippen LogP contribution in [-0.4, -0.2) is 5.91 Å². The average Bonchev–Trinajstić information content (AvgIpc) is 2.81. The Morgan fingerprint density at radius 2 is 2.00 bits per heavy atom. The van der Waals surface area contributed by atoms with Crippen LogP contribution in [0.15, 0.2) is 52.9 Å². The second-order valence-electron chi connectivity index (χ2n) is 4.93. The number of primary amides is 1. The topological polar surface area (TPSA) is 68.3 Å². The van der Waals surface area contributed by atoms with E-state index in [0.29, 0.717) is 12.1 Å². The molecule has 1 aromatic heterocycles. The van der Waals surface area contributed by atoms with Gasteiger partial charge in [-0.25, -0.2) is 0 Å². The highest BCUT2D eigenvalue weighted by molar-refractivity contribution is 5.93. The highest BCUT2D eigenvalue weighted by atomic mass is 16.3. The number of amides is 1. The molecule has 0 spiro atoms. The van der Waals surface area contributed by atoms with Crippen molar-refractivity contribution in [3.63, 3.8) is 0 Å². The van der Waals surface area contributed by atoms with Gasteiger partial charge in [0.15, 0.2) is 0 Å². The third kappa shape index (κ3) is 2.60. The minimum absolute atomic E-state index is 0.427. The van der Waals surface area contributed by atoms with Gasteiger partial charge in [-0.2, -0.15) is 0 Å². The molecule has 0 radical (unpaired) electrons. The Morgan fingerprint density at radius 3 is 2.81 bits per heavy atom. The van der Waals surface area contributed by atoms with Crippen LogP contribution in [0, 0.1) is 6.92 Å². The molecule has 0 bridgehead atoms. The number of furan rings is 1. The molecule has 0 saturated carbocycles. The zero-order valence-corrected chi connectivity index (χ0v) is 11.7. The van der Waals surface area contributed by atoms with Gasteiger partial charge in [0, 0.05) is 28.7 Å². The number of fused-ring (bicyclic) bond motifs is 1. The van der Waals surface area contributed by atoms with Crippen molar-refractivity contribution < 1.29 is 9.21 Å². The molecule has 2 aromatic carbocycles. The van der Waals surface area contributed by atoms with Gasteiger partial charge in [0.05, 0.1) is 0 Å². The first kappa shape index (κ1) is 13.2. The molecule has 0 fully saturated rings. The fourth-order valence-electron chi connectivity index (χ4n) is 2.41. The predicted molar refractivity (Wildman–Crippen MR) is 83.2 cm³/mol. The summed E-state index contributed by atoms with van der Waals surface area (Å²) in [7, 11) is 0. The summed E-state index contributed by atoms with van der Waals surface area (Å²) >= 11 is 0. The Hall–Kier alpha value is -2.75. The summed E-state index contributed by atoms with van der Waals surface area (Å²) < 4.78 is 5.74. The largest absolute Gasteiger partial charge is 0.461 e. The van der Waals surface area contributed by atoms with E-state index in [9.17, 15) is 4.79 Å². The number of carbonyl (C=O) groups is 1. The van der Waals surface area contributed by atoms with Crippen molar-refractivity contribution >= 4 is 22.6 Å². The molecule has 0 saturated heterocycles. The summed E-state index contributed by atoms with van der Waals surface area (Å²) in [5.41, 5.74) is 8.65. The molecule has 0 atom stereocenters. The van der Waals surface area contributed by atoms with E-state index >= 15 is 0 Å². The maximum absolute atomic E-state index is 11.2. The molecular weight excluding hydrogens is 264 g/mol. The Labute approximate surface area is 122 Å². The molecule has 0 aliphatic rings. The van der Waals surface area contributed by atoms with Crippen molar-refractivity contribution in [2.75, 3.05) is 5.32 Å². The number of hydrogen-bond donors (Lipinski definition) is 2. The predicted octanol–water partition coefficient (Wildman–Crippen LogP) is 3.45. The van der Waals surface area contributed by atoms with Gasteiger partial charge < -0.3 is 15.5 Å². The molecule has 3 N–H and O–H groups in total. The van der Waals surface area contributed by atoms with Gasteiger partial charge in [-0.1, -0.05) is 24.3 Å². The van der Waals surface area contributed by atoms with Crippen LogP contribution in [-0.2, 0) is 6.54 Å². The van der Waals surface area contributed by atoms with E-state index in [0.717, 1.165) is 28.0 Å². The number of para-hydroxylation sites is 1. The number of carbonyl (C=O) groups excluding carboxylic acids is 1. The lowest BCUT2D eigenvalue weighted by molar-refractivity contribution is 0.100. The first-order valence-electron chi connectivity index (χ1n) is 6.76. The SMILES string of the molecule is Cc1oc2ccccc2c1CNc1cccc(C(N)=O)c1. The van der Waals surface area contributed by atoms with E-state index in [1.54, 1.807) is 12.1 Å². The highest BCUT2D eigenvalue weighted by Crippen LogP contribution is 2.26. The minimum atomic E-state index is -0.427. The summed E-state index contributed by atoms with van der Waals surface area (Å²) in [6, 6.07) is 15.1. The van der Waals surface area contributed by atoms with Crippen molar-refractivity contribution in [2.45, 2.75) is 13.5 Å². The Kier molecular flexibility index (Phi) is 3.36. The maximum Gasteiger partial charge on any atom is 0.248 e. The van der Waals surface area contributed by atoms with Gasteiger partial charge in [-0.05, 0) is 31.2 Å². The Bertz CT molecular complexity index is 805. The molecule has 106 valence electrons. The third-order valence-electron chi connectivity index (χ3n) is 3.52. The second kappa shape index (κ2) is 5.32. The number of hydrogen-bond acceptors (Lipinski definition) is 3. The van der Waals surface area contributed by atoms with Crippen molar-refractivity contribution in [1.82, 2.24) is 0 Å². The van der Waals surface area contributed by atoms with E-state index in [1.165, 1.54) is 0 Å². The van der Waals surface area contributed by atoms with Gasteiger partial charge >= 0.3 is 0 Å². The molecule has 0 unspecified atom stereocenters. The Balaban J connectivity index is 1.85. The minimum Gasteiger partial charge on any atom is -0.461 e. The monoisotopic (exact) mass is 280 g/mol. The van der Waals surface area contributed by atoms with Gasteiger partial charge in [-0.15, -0.1) is 0 Å². The van der Waals surface area contributed by atoms with Crippen LogP contribution in [0.5, 0.6) is 0 Å². The molecule has 1 amide bonds. The number of aryl methyl sites for hydroxylation is 1. The molecular formula is C17H16N2O2. The maximum atomic E-state index is 11.2. The highest BCUT2D eigenvalue weighted by Gasteiger charge is 2.10. The summed E-state index contributed by atoms with van der Waals surface area (Å²) in [6.07, 6.45) is 0. The molecule has 4 nitrogen and oxygen atoms in total. The molecule has 1 heterocycles. The summed E-state index contributed by atoms with van der Waals surface area (Å²) in [5.74, 6) is 0.471. The number of nitrogens with two attached hydrogens (primary N) is 1. The molecule has 3 aromatic rings. The molecule has 3 rings (SSSR count). The van der Waals surface area contributed by atoms with E-state index in [4.69, 9.17) is 10.2 Å². The normalized spacial score (nSPS) is 10.7. The van der Waals surface area contributed by atoms with Crippen LogP contribution in [0.3, 0.4) is 0 Å². The number of rotatable bonds is 4. The molecule has 21 heavy (non-hydrogen) atoms. The van der Waals surface area contributed by atoms with Crippen LogP contribution < -0.4 is 11.1 Å². The van der Waals surface area contributed by atoms with Crippen LogP contribution in [0.25, 0.3) is 11.0 Å². The summed E-state index contributed by atoms with van der Waals surface area (Å²) in [4.78, 5) is 11.2. The van der Waals surface area contributed by atoms with Crippen LogP contribution >= 0.6 is 0 Å². The quantitative estimate of drug-likeness (QED) is 0.769. The van der Waals surface area contributed by atoms with Gasteiger partial charge in [0.2, 0.25) is 5.91 Å². The third-order valence-corrected chi connectivity index (χ3v) is 3.52. The zero-order chi connectivity index (χ0) is 14.8. The lowest BCUT2D eigenvalue weighted by atomic mass is 10.1. The van der Waals surface area contributed by atoms with Gasteiger partial charge in [0.1, 0.15) is 11.3 Å². The van der Waals surface area contributed by atoms with Crippen molar-refractivity contribution in [3.05, 3.63) is 65.4 Å². The van der Waals surface area contributed by atoms with Crippen LogP contribution in [0.4, 0.5) is 5.69 Å². The Morgan fingerprint density at radius 1 is 1.19 bits per heavy atom. The van der Waals surface area contributed by atoms with E-state index in [1.807, 2.05) is 43.3 Å². The molecule has 4 heteroatoms. The summed E-state index contributed by atoms with van der Waals surface area (Å²) in [6.45, 7) is 2.59. The number of benzene rings is 2. The lowest BCUT2D eigenvalue weighted by Crippen LogP contribution is -2.11. The first-order chi connectivity index (χ1) is 10.1.